The van der Waals surface area contributed by atoms with Gasteiger partial charge in [-0.15, -0.1) is 39.7 Å². The molecule has 0 aliphatic carbocycles. The van der Waals surface area contributed by atoms with Gasteiger partial charge >= 0.3 is 0 Å². The van der Waals surface area contributed by atoms with Gasteiger partial charge in [0.1, 0.15) is 5.82 Å². The summed E-state index contributed by atoms with van der Waals surface area (Å²) in [7, 11) is -3.83. The van der Waals surface area contributed by atoms with Crippen LogP contribution < -0.4 is 15.0 Å². The zero-order valence-corrected chi connectivity index (χ0v) is 23.0. The lowest BCUT2D eigenvalue weighted by molar-refractivity contribution is 0.599. The van der Waals surface area contributed by atoms with E-state index in [2.05, 4.69) is 30.4 Å². The van der Waals surface area contributed by atoms with E-state index >= 15 is 0 Å². The Bertz CT molecular complexity index is 1460. The molecule has 8 nitrogen and oxygen atoms in total. The van der Waals surface area contributed by atoms with Crippen LogP contribution >= 0.6 is 34.5 Å². The molecule has 0 spiro atoms. The predicted molar refractivity (Wildman–Crippen MR) is 153 cm³/mol. The average molecular weight is 594 g/mol. The average Bonchev–Trinajstić information content (AvgIpc) is 3.38. The first kappa shape index (κ1) is 27.8. The third kappa shape index (κ3) is 7.41. The molecule has 2 N–H and O–H groups in total. The van der Waals surface area contributed by atoms with Crippen molar-refractivity contribution in [3.05, 3.63) is 84.0 Å². The molecule has 38 heavy (non-hydrogen) atoms. The SMILES string of the molecule is O=S(=O)(Nc1ccc(-c2csc(N=NNc3ccc(N(CCCl)CCCl)cc3)n2)cc1)c1ccc(F)cc1. The number of rotatable bonds is 12. The van der Waals surface area contributed by atoms with Crippen molar-refractivity contribution in [1.29, 1.82) is 0 Å². The number of nitrogens with one attached hydrogen (secondary N) is 2. The van der Waals surface area contributed by atoms with Crippen molar-refractivity contribution in [2.75, 3.05) is 39.9 Å². The molecule has 0 saturated carbocycles. The smallest absolute Gasteiger partial charge is 0.261 e. The quantitative estimate of drug-likeness (QED) is 0.103. The summed E-state index contributed by atoms with van der Waals surface area (Å²) in [6.07, 6.45) is 0. The summed E-state index contributed by atoms with van der Waals surface area (Å²) in [6, 6.07) is 19.1. The summed E-state index contributed by atoms with van der Waals surface area (Å²) in [5.41, 5.74) is 6.51. The first-order chi connectivity index (χ1) is 18.4. The molecule has 0 fully saturated rings. The van der Waals surface area contributed by atoms with Crippen LogP contribution in [0, 0.1) is 5.82 Å². The maximum Gasteiger partial charge on any atom is 0.261 e. The number of nitrogens with zero attached hydrogens (tertiary/aromatic N) is 4. The van der Waals surface area contributed by atoms with E-state index in [-0.39, 0.29) is 4.90 Å². The molecule has 0 unspecified atom stereocenters. The molecule has 0 aliphatic rings. The number of halogens is 3. The highest BCUT2D eigenvalue weighted by atomic mass is 35.5. The van der Waals surface area contributed by atoms with Crippen LogP contribution in [0.15, 0.2) is 93.4 Å². The lowest BCUT2D eigenvalue weighted by atomic mass is 10.1. The minimum atomic E-state index is -3.83. The van der Waals surface area contributed by atoms with E-state index < -0.39 is 15.8 Å². The van der Waals surface area contributed by atoms with Crippen LogP contribution in [-0.2, 0) is 10.0 Å². The fraction of sp³-hybridized carbons (Fsp3) is 0.160. The summed E-state index contributed by atoms with van der Waals surface area (Å²) in [5, 5.41) is 10.4. The second-order valence-electron chi connectivity index (χ2n) is 7.88. The summed E-state index contributed by atoms with van der Waals surface area (Å²) >= 11 is 13.1. The van der Waals surface area contributed by atoms with Gasteiger partial charge < -0.3 is 4.90 Å². The number of hydrogen-bond donors (Lipinski definition) is 2. The van der Waals surface area contributed by atoms with E-state index in [9.17, 15) is 12.8 Å². The molecule has 0 saturated heterocycles. The highest BCUT2D eigenvalue weighted by Crippen LogP contribution is 2.28. The van der Waals surface area contributed by atoms with Gasteiger partial charge in [0.15, 0.2) is 0 Å². The van der Waals surface area contributed by atoms with Crippen molar-refractivity contribution in [1.82, 2.24) is 4.98 Å². The zero-order valence-electron chi connectivity index (χ0n) is 19.9. The van der Waals surface area contributed by atoms with Crippen LogP contribution in [0.2, 0.25) is 0 Å². The van der Waals surface area contributed by atoms with Gasteiger partial charge in [-0.05, 0) is 60.7 Å². The topological polar surface area (TPSA) is 99.0 Å². The number of anilines is 3. The molecule has 0 atom stereocenters. The number of hydrogen-bond acceptors (Lipinski definition) is 7. The number of sulfonamides is 1. The molecule has 1 heterocycles. The molecule has 0 aliphatic heterocycles. The predicted octanol–water partition coefficient (Wildman–Crippen LogP) is 7.14. The fourth-order valence-electron chi connectivity index (χ4n) is 3.43. The number of aromatic nitrogens is 1. The van der Waals surface area contributed by atoms with Crippen molar-refractivity contribution >= 4 is 66.8 Å². The first-order valence-electron chi connectivity index (χ1n) is 11.4. The summed E-state index contributed by atoms with van der Waals surface area (Å²) in [6.45, 7) is 1.42. The van der Waals surface area contributed by atoms with Gasteiger partial charge in [0, 0.05) is 47.2 Å². The Balaban J connectivity index is 1.35. The van der Waals surface area contributed by atoms with Crippen LogP contribution in [0.4, 0.5) is 26.6 Å². The Labute approximate surface area is 234 Å². The fourth-order valence-corrected chi connectivity index (χ4v) is 5.54. The van der Waals surface area contributed by atoms with E-state index in [1.807, 2.05) is 29.6 Å². The van der Waals surface area contributed by atoms with Crippen LogP contribution in [-0.4, -0.2) is 38.3 Å². The van der Waals surface area contributed by atoms with Crippen LogP contribution in [0.1, 0.15) is 0 Å². The Hall–Kier alpha value is -3.25. The Morgan fingerprint density at radius 3 is 2.16 bits per heavy atom. The minimum absolute atomic E-state index is 0.0262. The molecular formula is C25H23Cl2FN6O2S2. The normalized spacial score (nSPS) is 11.6. The number of thiazole rings is 1. The molecular weight excluding hydrogens is 570 g/mol. The third-order valence-electron chi connectivity index (χ3n) is 5.30. The Morgan fingerprint density at radius 1 is 0.895 bits per heavy atom. The first-order valence-corrected chi connectivity index (χ1v) is 14.8. The molecule has 4 aromatic rings. The maximum absolute atomic E-state index is 13.1. The van der Waals surface area contributed by atoms with Gasteiger partial charge in [-0.1, -0.05) is 17.4 Å². The van der Waals surface area contributed by atoms with Gasteiger partial charge in [-0.25, -0.2) is 17.8 Å². The molecule has 4 rings (SSSR count). The number of benzene rings is 3. The molecule has 1 aromatic heterocycles. The number of alkyl halides is 2. The summed E-state index contributed by atoms with van der Waals surface area (Å²) in [5.74, 6) is 0.525. The van der Waals surface area contributed by atoms with Crippen LogP contribution in [0.25, 0.3) is 11.3 Å². The van der Waals surface area contributed by atoms with E-state index in [1.165, 1.54) is 23.5 Å². The molecule has 0 amide bonds. The Morgan fingerprint density at radius 2 is 1.53 bits per heavy atom. The lowest BCUT2D eigenvalue weighted by Gasteiger charge is -2.22. The second kappa shape index (κ2) is 13.0. The molecule has 13 heteroatoms. The van der Waals surface area contributed by atoms with E-state index in [1.54, 1.807) is 24.3 Å². The summed E-state index contributed by atoms with van der Waals surface area (Å²) in [4.78, 5) is 6.54. The molecule has 0 bridgehead atoms. The monoisotopic (exact) mass is 592 g/mol. The van der Waals surface area contributed by atoms with E-state index in [4.69, 9.17) is 23.2 Å². The molecule has 0 radical (unpaired) electrons. The van der Waals surface area contributed by atoms with Crippen molar-refractivity contribution in [2.45, 2.75) is 4.90 Å². The third-order valence-corrected chi connectivity index (χ3v) is 7.76. The lowest BCUT2D eigenvalue weighted by Crippen LogP contribution is -2.27. The van der Waals surface area contributed by atoms with E-state index in [0.717, 1.165) is 29.1 Å². The van der Waals surface area contributed by atoms with Crippen molar-refractivity contribution < 1.29 is 12.8 Å². The zero-order chi connectivity index (χ0) is 27.0. The maximum atomic E-state index is 13.1. The molecule has 198 valence electrons. The highest BCUT2D eigenvalue weighted by Gasteiger charge is 2.14. The van der Waals surface area contributed by atoms with Gasteiger partial charge in [0.05, 0.1) is 16.3 Å². The second-order valence-corrected chi connectivity index (χ2v) is 11.2. The van der Waals surface area contributed by atoms with Gasteiger partial charge in [0.2, 0.25) is 5.13 Å². The Kier molecular flexibility index (Phi) is 9.51. The van der Waals surface area contributed by atoms with Crippen molar-refractivity contribution in [2.24, 2.45) is 10.3 Å². The van der Waals surface area contributed by atoms with Gasteiger partial charge in [-0.2, -0.15) is 0 Å². The van der Waals surface area contributed by atoms with Crippen molar-refractivity contribution in [3.63, 3.8) is 0 Å². The van der Waals surface area contributed by atoms with Gasteiger partial charge in [0.25, 0.3) is 10.0 Å². The minimum Gasteiger partial charge on any atom is -0.369 e. The van der Waals surface area contributed by atoms with E-state index in [0.29, 0.717) is 41.4 Å². The van der Waals surface area contributed by atoms with Crippen molar-refractivity contribution in [3.8, 4) is 11.3 Å². The van der Waals surface area contributed by atoms with Crippen LogP contribution in [0.3, 0.4) is 0 Å². The molecule has 3 aromatic carbocycles. The largest absolute Gasteiger partial charge is 0.369 e. The summed E-state index contributed by atoms with van der Waals surface area (Å²) < 4.78 is 40.5. The highest BCUT2D eigenvalue weighted by molar-refractivity contribution is 7.92. The standard InChI is InChI=1S/C25H23Cl2FN6O2S2/c26-13-15-34(16-14-27)22-9-7-20(8-10-22)30-33-31-25-29-24(17-37-25)18-1-5-21(6-2-18)32-38(35,36)23-11-3-19(28)4-12-23/h1-12,17,32H,13-16H2,(H,29,30,31). The van der Waals surface area contributed by atoms with Crippen LogP contribution in [0.5, 0.6) is 0 Å². The van der Waals surface area contributed by atoms with Gasteiger partial charge in [-0.3, -0.25) is 10.1 Å².